The van der Waals surface area contributed by atoms with E-state index in [1.54, 1.807) is 17.0 Å². The number of nitriles is 1. The minimum atomic E-state index is -0.775. The Labute approximate surface area is 186 Å². The van der Waals surface area contributed by atoms with Crippen LogP contribution in [0.2, 0.25) is 5.02 Å². The van der Waals surface area contributed by atoms with E-state index in [9.17, 15) is 4.79 Å². The molecule has 0 unspecified atom stereocenters. The molecule has 1 atom stereocenters. The molecule has 1 fully saturated rings. The van der Waals surface area contributed by atoms with Crippen LogP contribution < -0.4 is 16.8 Å². The molecule has 0 saturated carbocycles. The summed E-state index contributed by atoms with van der Waals surface area (Å²) in [5.41, 5.74) is 14.1. The average Bonchev–Trinajstić information content (AvgIpc) is 2.75. The number of primary amides is 1. The minimum Gasteiger partial charge on any atom is -0.385 e. The molecule has 3 rings (SSSR count). The van der Waals surface area contributed by atoms with E-state index in [2.05, 4.69) is 11.5 Å². The van der Waals surface area contributed by atoms with E-state index >= 15 is 0 Å². The Balaban J connectivity index is 1.76. The predicted octanol–water partition coefficient (Wildman–Crippen LogP) is 2.49. The SMILES string of the molecule is N#CN1CCC[C@@H](N/C(N)=C(\C(=N)c2ccc(Cc3ccccc3Cl)cc2)C(N)=O)C1. The molecule has 0 radical (unpaired) electrons. The monoisotopic (exact) mass is 436 g/mol. The zero-order valence-electron chi connectivity index (χ0n) is 17.1. The standard InChI is InChI=1S/C23H25ClN6O/c24-19-6-2-1-4-17(19)12-15-7-9-16(10-8-15)21(26)20(23(28)31)22(27)29-18-5-3-11-30(13-18)14-25/h1-2,4,6-10,18,26,29H,3,5,11-13,27H2,(H2,28,31)/b22-20+,26-21?/t18-/m1/s1. The minimum absolute atomic E-state index is 0.0465. The molecule has 0 bridgehead atoms. The molecule has 1 amide bonds. The highest BCUT2D eigenvalue weighted by Gasteiger charge is 2.23. The van der Waals surface area contributed by atoms with Gasteiger partial charge in [0.1, 0.15) is 11.4 Å². The van der Waals surface area contributed by atoms with Crippen LogP contribution in [0.3, 0.4) is 0 Å². The first kappa shape index (κ1) is 22.2. The van der Waals surface area contributed by atoms with Crippen LogP contribution in [0.5, 0.6) is 0 Å². The summed E-state index contributed by atoms with van der Waals surface area (Å²) in [5.74, 6) is -0.717. The number of carbonyl (C=O) groups is 1. The second kappa shape index (κ2) is 10.0. The zero-order chi connectivity index (χ0) is 22.4. The van der Waals surface area contributed by atoms with E-state index < -0.39 is 5.91 Å². The van der Waals surface area contributed by atoms with Crippen molar-refractivity contribution in [3.63, 3.8) is 0 Å². The van der Waals surface area contributed by atoms with Gasteiger partial charge in [0.25, 0.3) is 5.91 Å². The van der Waals surface area contributed by atoms with Crippen molar-refractivity contribution in [3.8, 4) is 6.19 Å². The van der Waals surface area contributed by atoms with Gasteiger partial charge in [0.15, 0.2) is 6.19 Å². The van der Waals surface area contributed by atoms with Crippen LogP contribution in [0.25, 0.3) is 0 Å². The summed E-state index contributed by atoms with van der Waals surface area (Å²) < 4.78 is 0. The lowest BCUT2D eigenvalue weighted by Gasteiger charge is -2.30. The van der Waals surface area contributed by atoms with E-state index in [0.29, 0.717) is 30.1 Å². The number of nitrogens with one attached hydrogen (secondary N) is 2. The van der Waals surface area contributed by atoms with Crippen molar-refractivity contribution < 1.29 is 4.79 Å². The summed E-state index contributed by atoms with van der Waals surface area (Å²) in [4.78, 5) is 13.7. The third-order valence-corrected chi connectivity index (χ3v) is 5.65. The van der Waals surface area contributed by atoms with E-state index in [0.717, 1.165) is 24.0 Å². The molecule has 0 aliphatic carbocycles. The molecular weight excluding hydrogens is 412 g/mol. The fraction of sp³-hybridized carbons (Fsp3) is 0.261. The average molecular weight is 437 g/mol. The zero-order valence-corrected chi connectivity index (χ0v) is 17.8. The number of benzene rings is 2. The first-order valence-corrected chi connectivity index (χ1v) is 10.4. The van der Waals surface area contributed by atoms with Gasteiger partial charge in [-0.3, -0.25) is 10.2 Å². The molecule has 8 heteroatoms. The van der Waals surface area contributed by atoms with Crippen LogP contribution in [0.4, 0.5) is 0 Å². The van der Waals surface area contributed by atoms with Crippen molar-refractivity contribution >= 4 is 23.2 Å². The fourth-order valence-corrected chi connectivity index (χ4v) is 3.87. The van der Waals surface area contributed by atoms with Crippen LogP contribution in [0, 0.1) is 16.9 Å². The maximum Gasteiger partial charge on any atom is 0.254 e. The molecule has 2 aromatic carbocycles. The number of nitrogens with zero attached hydrogens (tertiary/aromatic N) is 2. The van der Waals surface area contributed by atoms with Crippen molar-refractivity contribution in [1.82, 2.24) is 10.2 Å². The highest BCUT2D eigenvalue weighted by Crippen LogP contribution is 2.20. The summed E-state index contributed by atoms with van der Waals surface area (Å²) in [6.07, 6.45) is 4.44. The first-order chi connectivity index (χ1) is 14.9. The number of hydrogen-bond acceptors (Lipinski definition) is 6. The highest BCUT2D eigenvalue weighted by molar-refractivity contribution is 6.31. The summed E-state index contributed by atoms with van der Waals surface area (Å²) >= 11 is 6.23. The Bertz CT molecular complexity index is 1040. The number of amides is 1. The van der Waals surface area contributed by atoms with Crippen LogP contribution in [-0.2, 0) is 11.2 Å². The third-order valence-electron chi connectivity index (χ3n) is 5.28. The molecule has 1 aliphatic rings. The predicted molar refractivity (Wildman–Crippen MR) is 121 cm³/mol. The summed E-state index contributed by atoms with van der Waals surface area (Å²) in [6.45, 7) is 1.20. The van der Waals surface area contributed by atoms with Gasteiger partial charge in [0, 0.05) is 29.7 Å². The molecule has 1 aliphatic heterocycles. The van der Waals surface area contributed by atoms with E-state index in [4.69, 9.17) is 33.7 Å². The van der Waals surface area contributed by atoms with Crippen molar-refractivity contribution in [3.05, 3.63) is 81.6 Å². The van der Waals surface area contributed by atoms with Crippen molar-refractivity contribution in [1.29, 1.82) is 10.7 Å². The maximum atomic E-state index is 12.1. The number of likely N-dealkylation sites (tertiary alicyclic amines) is 1. The lowest BCUT2D eigenvalue weighted by Crippen LogP contribution is -2.46. The largest absolute Gasteiger partial charge is 0.385 e. The van der Waals surface area contributed by atoms with Crippen LogP contribution in [-0.4, -0.2) is 35.7 Å². The molecule has 0 spiro atoms. The fourth-order valence-electron chi connectivity index (χ4n) is 3.66. The molecule has 2 aromatic rings. The van der Waals surface area contributed by atoms with Gasteiger partial charge in [-0.1, -0.05) is 54.1 Å². The van der Waals surface area contributed by atoms with Gasteiger partial charge in [-0.25, -0.2) is 0 Å². The number of rotatable bonds is 7. The van der Waals surface area contributed by atoms with Gasteiger partial charge in [0.05, 0.1) is 5.71 Å². The molecule has 0 aromatic heterocycles. The van der Waals surface area contributed by atoms with Crippen LogP contribution in [0.1, 0.15) is 29.5 Å². The Morgan fingerprint density at radius 2 is 1.94 bits per heavy atom. The number of halogens is 1. The Morgan fingerprint density at radius 3 is 2.58 bits per heavy atom. The Kier molecular flexibility index (Phi) is 7.16. The molecular formula is C23H25ClN6O. The highest BCUT2D eigenvalue weighted by atomic mass is 35.5. The van der Waals surface area contributed by atoms with E-state index in [1.165, 1.54) is 0 Å². The topological polar surface area (TPSA) is 132 Å². The first-order valence-electron chi connectivity index (χ1n) is 10.0. The Morgan fingerprint density at radius 1 is 1.23 bits per heavy atom. The van der Waals surface area contributed by atoms with Crippen molar-refractivity contribution in [2.24, 2.45) is 11.5 Å². The van der Waals surface area contributed by atoms with Crippen LogP contribution in [0.15, 0.2) is 59.9 Å². The number of carbonyl (C=O) groups excluding carboxylic acids is 1. The summed E-state index contributed by atoms with van der Waals surface area (Å²) in [5, 5.41) is 21.4. The van der Waals surface area contributed by atoms with Gasteiger partial charge < -0.3 is 21.7 Å². The lowest BCUT2D eigenvalue weighted by atomic mass is 9.98. The summed E-state index contributed by atoms with van der Waals surface area (Å²) in [7, 11) is 0. The summed E-state index contributed by atoms with van der Waals surface area (Å²) in [6, 6.07) is 14.9. The maximum absolute atomic E-state index is 12.1. The molecule has 6 N–H and O–H groups in total. The lowest BCUT2D eigenvalue weighted by molar-refractivity contribution is -0.114. The molecule has 1 saturated heterocycles. The van der Waals surface area contributed by atoms with Crippen molar-refractivity contribution in [2.45, 2.75) is 25.3 Å². The van der Waals surface area contributed by atoms with Gasteiger partial charge >= 0.3 is 0 Å². The quantitative estimate of drug-likeness (QED) is 0.300. The van der Waals surface area contributed by atoms with Gasteiger partial charge in [-0.2, -0.15) is 5.26 Å². The van der Waals surface area contributed by atoms with Gasteiger partial charge in [-0.15, -0.1) is 0 Å². The number of piperidine rings is 1. The smallest absolute Gasteiger partial charge is 0.254 e. The van der Waals surface area contributed by atoms with Gasteiger partial charge in [-0.05, 0) is 36.5 Å². The Hall–Kier alpha value is -3.50. The molecule has 7 nitrogen and oxygen atoms in total. The number of hydrogen-bond donors (Lipinski definition) is 4. The number of nitrogens with two attached hydrogens (primary N) is 2. The second-order valence-electron chi connectivity index (χ2n) is 7.52. The normalized spacial score (nSPS) is 16.8. The van der Waals surface area contributed by atoms with Gasteiger partial charge in [0.2, 0.25) is 0 Å². The molecule has 160 valence electrons. The third kappa shape index (κ3) is 5.56. The molecule has 1 heterocycles. The second-order valence-corrected chi connectivity index (χ2v) is 7.93. The molecule has 31 heavy (non-hydrogen) atoms. The van der Waals surface area contributed by atoms with E-state index in [-0.39, 0.29) is 23.1 Å². The van der Waals surface area contributed by atoms with Crippen molar-refractivity contribution in [2.75, 3.05) is 13.1 Å². The van der Waals surface area contributed by atoms with E-state index in [1.807, 2.05) is 36.4 Å². The van der Waals surface area contributed by atoms with Crippen LogP contribution >= 0.6 is 11.6 Å².